The van der Waals surface area contributed by atoms with Crippen LogP contribution in [0.2, 0.25) is 5.02 Å². The summed E-state index contributed by atoms with van der Waals surface area (Å²) in [6.07, 6.45) is 3.37. The van der Waals surface area contributed by atoms with Crippen LogP contribution < -0.4 is 26.4 Å². The van der Waals surface area contributed by atoms with E-state index in [1.807, 2.05) is 47.4 Å². The van der Waals surface area contributed by atoms with Crippen LogP contribution in [0.15, 0.2) is 48.7 Å². The first kappa shape index (κ1) is 21.9. The van der Waals surface area contributed by atoms with E-state index in [9.17, 15) is 4.79 Å². The molecule has 0 radical (unpaired) electrons. The Morgan fingerprint density at radius 2 is 2.09 bits per heavy atom. The predicted octanol–water partition coefficient (Wildman–Crippen LogP) is 3.58. The highest BCUT2D eigenvalue weighted by atomic mass is 35.5. The molecule has 1 amide bonds. The number of nitrogens with zero attached hydrogens (tertiary/aromatic N) is 3. The molecule has 2 aromatic carbocycles. The van der Waals surface area contributed by atoms with Gasteiger partial charge in [0.15, 0.2) is 0 Å². The summed E-state index contributed by atoms with van der Waals surface area (Å²) in [6, 6.07) is 13.2. The van der Waals surface area contributed by atoms with Crippen molar-refractivity contribution in [2.45, 2.75) is 18.9 Å². The lowest BCUT2D eigenvalue weighted by atomic mass is 10.0. The molecule has 166 valence electrons. The number of amides is 1. The van der Waals surface area contributed by atoms with Crippen LogP contribution in [0.4, 0.5) is 17.5 Å². The number of carbonyl (C=O) groups excluding carboxylic acids is 1. The number of nitrogens with two attached hydrogens (primary N) is 2. The fraction of sp³-hybridized carbons (Fsp3) is 0.261. The maximum atomic E-state index is 12.0. The number of halogens is 1. The first-order valence-corrected chi connectivity index (χ1v) is 10.7. The molecule has 0 bridgehead atoms. The second kappa shape index (κ2) is 9.42. The lowest BCUT2D eigenvalue weighted by Crippen LogP contribution is -2.43. The number of carbonyl (C=O) groups is 1. The number of hydrogen-bond donors (Lipinski definition) is 3. The average Bonchev–Trinajstić information content (AvgIpc) is 2.79. The van der Waals surface area contributed by atoms with E-state index in [1.54, 1.807) is 7.11 Å². The van der Waals surface area contributed by atoms with Crippen LogP contribution in [0.5, 0.6) is 5.75 Å². The highest BCUT2D eigenvalue weighted by Crippen LogP contribution is 2.34. The number of nitrogens with one attached hydrogen (secondary N) is 1. The molecule has 1 aliphatic rings. The molecule has 1 unspecified atom stereocenters. The van der Waals surface area contributed by atoms with Crippen LogP contribution in [-0.2, 0) is 0 Å². The highest BCUT2D eigenvalue weighted by molar-refractivity contribution is 6.33. The zero-order valence-corrected chi connectivity index (χ0v) is 18.5. The minimum atomic E-state index is -0.622. The number of piperidine rings is 1. The topological polar surface area (TPSA) is 119 Å². The summed E-state index contributed by atoms with van der Waals surface area (Å²) < 4.78 is 5.47. The quantitative estimate of drug-likeness (QED) is 0.522. The maximum Gasteiger partial charge on any atom is 0.254 e. The van der Waals surface area contributed by atoms with Gasteiger partial charge in [0, 0.05) is 47.7 Å². The van der Waals surface area contributed by atoms with E-state index in [4.69, 9.17) is 27.8 Å². The fourth-order valence-corrected chi connectivity index (χ4v) is 4.01. The summed E-state index contributed by atoms with van der Waals surface area (Å²) in [6.45, 7) is 1.46. The zero-order chi connectivity index (χ0) is 22.7. The lowest BCUT2D eigenvalue weighted by Gasteiger charge is -2.31. The van der Waals surface area contributed by atoms with Crippen molar-refractivity contribution in [3.05, 3.63) is 59.2 Å². The van der Waals surface area contributed by atoms with Gasteiger partial charge in [-0.3, -0.25) is 4.79 Å². The first-order chi connectivity index (χ1) is 15.4. The molecule has 1 saturated heterocycles. The maximum absolute atomic E-state index is 12.0. The largest absolute Gasteiger partial charge is 0.497 e. The third-order valence-corrected chi connectivity index (χ3v) is 5.70. The van der Waals surface area contributed by atoms with Crippen molar-refractivity contribution < 1.29 is 9.53 Å². The summed E-state index contributed by atoms with van der Waals surface area (Å²) in [5.74, 6) is 0.826. The Hall–Kier alpha value is -3.36. The molecular formula is C23H25ClN6O2. The third-order valence-electron chi connectivity index (χ3n) is 5.37. The second-order valence-corrected chi connectivity index (χ2v) is 8.11. The zero-order valence-electron chi connectivity index (χ0n) is 17.7. The Balaban J connectivity index is 1.72. The summed E-state index contributed by atoms with van der Waals surface area (Å²) in [5.41, 5.74) is 14.3. The van der Waals surface area contributed by atoms with E-state index in [0.29, 0.717) is 34.8 Å². The monoisotopic (exact) mass is 452 g/mol. The van der Waals surface area contributed by atoms with Gasteiger partial charge in [-0.15, -0.1) is 0 Å². The number of aromatic nitrogens is 2. The Morgan fingerprint density at radius 1 is 1.28 bits per heavy atom. The van der Waals surface area contributed by atoms with Crippen LogP contribution in [0, 0.1) is 0 Å². The van der Waals surface area contributed by atoms with Crippen molar-refractivity contribution in [3.8, 4) is 16.9 Å². The van der Waals surface area contributed by atoms with Crippen molar-refractivity contribution in [3.63, 3.8) is 0 Å². The van der Waals surface area contributed by atoms with E-state index >= 15 is 0 Å². The number of anilines is 3. The number of rotatable bonds is 6. The van der Waals surface area contributed by atoms with Gasteiger partial charge < -0.3 is 26.4 Å². The standard InChI is InChI=1S/C23H25ClN6O2/c1-32-17-10-14(18-6-2-3-7-20(18)24)9-16(11-17)28-22-19(21(26)31)12-27-23(29-22)30-8-4-5-15(25)13-30/h2-3,6-7,9-12,15H,4-5,8,13,25H2,1H3,(H2,26,31)(H,27,28,29). The molecule has 0 aliphatic carbocycles. The van der Waals surface area contributed by atoms with E-state index in [0.717, 1.165) is 30.5 Å². The molecular weight excluding hydrogens is 428 g/mol. The molecule has 32 heavy (non-hydrogen) atoms. The fourth-order valence-electron chi connectivity index (χ4n) is 3.77. The normalized spacial score (nSPS) is 16.0. The van der Waals surface area contributed by atoms with Gasteiger partial charge in [0.05, 0.1) is 7.11 Å². The molecule has 3 aromatic rings. The van der Waals surface area contributed by atoms with Crippen LogP contribution in [0.1, 0.15) is 23.2 Å². The first-order valence-electron chi connectivity index (χ1n) is 10.3. The molecule has 1 aliphatic heterocycles. The smallest absolute Gasteiger partial charge is 0.254 e. The van der Waals surface area contributed by atoms with E-state index < -0.39 is 5.91 Å². The summed E-state index contributed by atoms with van der Waals surface area (Å²) in [7, 11) is 1.59. The van der Waals surface area contributed by atoms with E-state index in [1.165, 1.54) is 6.20 Å². The minimum absolute atomic E-state index is 0.0659. The predicted molar refractivity (Wildman–Crippen MR) is 127 cm³/mol. The molecule has 1 fully saturated rings. The Morgan fingerprint density at radius 3 is 2.81 bits per heavy atom. The van der Waals surface area contributed by atoms with Crippen LogP contribution in [-0.4, -0.2) is 42.1 Å². The molecule has 9 heteroatoms. The molecule has 4 rings (SSSR count). The van der Waals surface area contributed by atoms with Crippen LogP contribution in [0.3, 0.4) is 0 Å². The average molecular weight is 453 g/mol. The van der Waals surface area contributed by atoms with Crippen LogP contribution in [0.25, 0.3) is 11.1 Å². The molecule has 0 saturated carbocycles. The number of benzene rings is 2. The van der Waals surface area contributed by atoms with Gasteiger partial charge >= 0.3 is 0 Å². The van der Waals surface area contributed by atoms with Gasteiger partial charge in [0.1, 0.15) is 17.1 Å². The van der Waals surface area contributed by atoms with Gasteiger partial charge in [-0.05, 0) is 36.6 Å². The molecule has 1 aromatic heterocycles. The number of ether oxygens (including phenoxy) is 1. The van der Waals surface area contributed by atoms with Crippen molar-refractivity contribution in [2.24, 2.45) is 11.5 Å². The Bertz CT molecular complexity index is 1140. The molecule has 1 atom stereocenters. The number of hydrogen-bond acceptors (Lipinski definition) is 7. The van der Waals surface area contributed by atoms with Gasteiger partial charge in [-0.2, -0.15) is 4.98 Å². The van der Waals surface area contributed by atoms with Gasteiger partial charge in [0.2, 0.25) is 5.95 Å². The lowest BCUT2D eigenvalue weighted by molar-refractivity contribution is 0.100. The number of primary amides is 1. The van der Waals surface area contributed by atoms with Crippen molar-refractivity contribution >= 4 is 35.0 Å². The molecule has 5 N–H and O–H groups in total. The van der Waals surface area contributed by atoms with Crippen LogP contribution >= 0.6 is 11.6 Å². The summed E-state index contributed by atoms with van der Waals surface area (Å²) in [5, 5.41) is 3.84. The summed E-state index contributed by atoms with van der Waals surface area (Å²) >= 11 is 6.39. The van der Waals surface area contributed by atoms with E-state index in [-0.39, 0.29) is 11.6 Å². The Kier molecular flexibility index (Phi) is 6.43. The van der Waals surface area contributed by atoms with Crippen molar-refractivity contribution in [1.82, 2.24) is 9.97 Å². The number of methoxy groups -OCH3 is 1. The minimum Gasteiger partial charge on any atom is -0.497 e. The molecule has 0 spiro atoms. The third kappa shape index (κ3) is 4.76. The molecule has 2 heterocycles. The van der Waals surface area contributed by atoms with Crippen molar-refractivity contribution in [2.75, 3.05) is 30.4 Å². The Labute approximate surface area is 191 Å². The van der Waals surface area contributed by atoms with Gasteiger partial charge in [-0.25, -0.2) is 4.98 Å². The van der Waals surface area contributed by atoms with Crippen molar-refractivity contribution in [1.29, 1.82) is 0 Å². The second-order valence-electron chi connectivity index (χ2n) is 7.70. The summed E-state index contributed by atoms with van der Waals surface area (Å²) in [4.78, 5) is 23.0. The van der Waals surface area contributed by atoms with Gasteiger partial charge in [-0.1, -0.05) is 29.8 Å². The van der Waals surface area contributed by atoms with E-state index in [2.05, 4.69) is 15.3 Å². The van der Waals surface area contributed by atoms with Gasteiger partial charge in [0.25, 0.3) is 5.91 Å². The SMILES string of the molecule is COc1cc(Nc2nc(N3CCCC(N)C3)ncc2C(N)=O)cc(-c2ccccc2Cl)c1. The highest BCUT2D eigenvalue weighted by Gasteiger charge is 2.21. The molecule has 8 nitrogen and oxygen atoms in total.